The Morgan fingerprint density at radius 2 is 1.89 bits per heavy atom. The second kappa shape index (κ2) is 6.18. The summed E-state index contributed by atoms with van der Waals surface area (Å²) in [5.41, 5.74) is 2.23. The van der Waals surface area contributed by atoms with Crippen molar-refractivity contribution in [2.75, 3.05) is 11.9 Å². The van der Waals surface area contributed by atoms with E-state index in [2.05, 4.69) is 29.1 Å². The Balaban J connectivity index is 1.88. The van der Waals surface area contributed by atoms with Crippen LogP contribution >= 0.6 is 0 Å². The lowest BCUT2D eigenvalue weighted by Crippen LogP contribution is -2.07. The van der Waals surface area contributed by atoms with Crippen molar-refractivity contribution in [2.24, 2.45) is 0 Å². The number of phenolic OH excluding ortho intramolecular Hbond substituents is 1. The van der Waals surface area contributed by atoms with Gasteiger partial charge in [-0.25, -0.2) is 9.97 Å². The van der Waals surface area contributed by atoms with Crippen LogP contribution in [0.5, 0.6) is 5.75 Å². The van der Waals surface area contributed by atoms with Crippen LogP contribution in [0, 0.1) is 0 Å². The molecule has 19 heavy (non-hydrogen) atoms. The van der Waals surface area contributed by atoms with Gasteiger partial charge in [-0.3, -0.25) is 0 Å². The summed E-state index contributed by atoms with van der Waals surface area (Å²) in [6.07, 6.45) is 2.49. The molecule has 4 nitrogen and oxygen atoms in total. The van der Waals surface area contributed by atoms with E-state index in [4.69, 9.17) is 0 Å². The fourth-order valence-electron chi connectivity index (χ4n) is 1.78. The lowest BCUT2D eigenvalue weighted by Gasteiger charge is -2.08. The molecule has 2 aromatic rings. The maximum absolute atomic E-state index is 9.21. The Hall–Kier alpha value is -2.10. The van der Waals surface area contributed by atoms with Gasteiger partial charge < -0.3 is 10.4 Å². The van der Waals surface area contributed by atoms with E-state index < -0.39 is 0 Å². The first-order valence-corrected chi connectivity index (χ1v) is 6.49. The number of hydrogen-bond acceptors (Lipinski definition) is 4. The Bertz CT molecular complexity index is 523. The van der Waals surface area contributed by atoms with Crippen LogP contribution in [0.2, 0.25) is 0 Å². The second-order valence-electron chi connectivity index (χ2n) is 4.83. The Morgan fingerprint density at radius 3 is 2.58 bits per heavy atom. The molecule has 1 aromatic heterocycles. The van der Waals surface area contributed by atoms with Crippen molar-refractivity contribution in [2.45, 2.75) is 26.2 Å². The third kappa shape index (κ3) is 3.95. The average molecular weight is 257 g/mol. The van der Waals surface area contributed by atoms with E-state index >= 15 is 0 Å². The average Bonchev–Trinajstić information content (AvgIpc) is 2.41. The van der Waals surface area contributed by atoms with Crippen molar-refractivity contribution in [3.63, 3.8) is 0 Å². The SMILES string of the molecule is CC(C)c1cc(NCCc2ccc(O)cc2)ncn1. The summed E-state index contributed by atoms with van der Waals surface area (Å²) in [5, 5.41) is 12.5. The molecule has 1 aromatic carbocycles. The molecular formula is C15H19N3O. The number of hydrogen-bond donors (Lipinski definition) is 2. The molecule has 0 aliphatic carbocycles. The maximum Gasteiger partial charge on any atom is 0.129 e. The van der Waals surface area contributed by atoms with Crippen LogP contribution in [-0.2, 0) is 6.42 Å². The second-order valence-corrected chi connectivity index (χ2v) is 4.83. The van der Waals surface area contributed by atoms with Gasteiger partial charge in [0.25, 0.3) is 0 Å². The summed E-state index contributed by atoms with van der Waals surface area (Å²) in [5.74, 6) is 1.56. The molecule has 100 valence electrons. The van der Waals surface area contributed by atoms with Gasteiger partial charge >= 0.3 is 0 Å². The number of nitrogens with one attached hydrogen (secondary N) is 1. The molecular weight excluding hydrogens is 238 g/mol. The fourth-order valence-corrected chi connectivity index (χ4v) is 1.78. The number of benzene rings is 1. The number of aromatic nitrogens is 2. The molecule has 4 heteroatoms. The predicted octanol–water partition coefficient (Wildman–Crippen LogP) is 2.96. The molecule has 0 bridgehead atoms. The minimum absolute atomic E-state index is 0.300. The lowest BCUT2D eigenvalue weighted by atomic mass is 10.1. The molecule has 2 rings (SSSR count). The summed E-state index contributed by atoms with van der Waals surface area (Å²) in [4.78, 5) is 8.44. The summed E-state index contributed by atoms with van der Waals surface area (Å²) in [6, 6.07) is 9.25. The van der Waals surface area contributed by atoms with Crippen LogP contribution in [0.15, 0.2) is 36.7 Å². The van der Waals surface area contributed by atoms with E-state index in [9.17, 15) is 5.11 Å². The third-order valence-corrected chi connectivity index (χ3v) is 2.94. The van der Waals surface area contributed by atoms with Gasteiger partial charge in [-0.2, -0.15) is 0 Å². The van der Waals surface area contributed by atoms with Crippen molar-refractivity contribution in [3.8, 4) is 5.75 Å². The van der Waals surface area contributed by atoms with Crippen molar-refractivity contribution in [3.05, 3.63) is 47.9 Å². The quantitative estimate of drug-likeness (QED) is 0.864. The normalized spacial score (nSPS) is 10.7. The van der Waals surface area contributed by atoms with Gasteiger partial charge in [0.15, 0.2) is 0 Å². The van der Waals surface area contributed by atoms with Crippen LogP contribution < -0.4 is 5.32 Å². The number of aromatic hydroxyl groups is 1. The highest BCUT2D eigenvalue weighted by Gasteiger charge is 2.02. The topological polar surface area (TPSA) is 58.0 Å². The van der Waals surface area contributed by atoms with Crippen molar-refractivity contribution in [1.82, 2.24) is 9.97 Å². The minimum Gasteiger partial charge on any atom is -0.508 e. The van der Waals surface area contributed by atoms with Gasteiger partial charge in [-0.15, -0.1) is 0 Å². The number of rotatable bonds is 5. The largest absolute Gasteiger partial charge is 0.508 e. The van der Waals surface area contributed by atoms with Gasteiger partial charge in [-0.05, 0) is 30.0 Å². The molecule has 0 saturated heterocycles. The predicted molar refractivity (Wildman–Crippen MR) is 76.4 cm³/mol. The van der Waals surface area contributed by atoms with Crippen LogP contribution in [-0.4, -0.2) is 21.6 Å². The van der Waals surface area contributed by atoms with E-state index in [1.165, 1.54) is 5.56 Å². The van der Waals surface area contributed by atoms with Gasteiger partial charge in [0, 0.05) is 18.3 Å². The molecule has 0 radical (unpaired) electrons. The smallest absolute Gasteiger partial charge is 0.129 e. The van der Waals surface area contributed by atoms with Crippen LogP contribution in [0.3, 0.4) is 0 Å². The highest BCUT2D eigenvalue weighted by atomic mass is 16.3. The number of nitrogens with zero attached hydrogens (tertiary/aromatic N) is 2. The number of anilines is 1. The maximum atomic E-state index is 9.21. The van der Waals surface area contributed by atoms with Gasteiger partial charge in [0.05, 0.1) is 0 Å². The van der Waals surface area contributed by atoms with Gasteiger partial charge in [0.2, 0.25) is 0 Å². The summed E-state index contributed by atoms with van der Waals surface area (Å²) < 4.78 is 0. The molecule has 0 fully saturated rings. The molecule has 0 unspecified atom stereocenters. The first kappa shape index (κ1) is 13.3. The third-order valence-electron chi connectivity index (χ3n) is 2.94. The lowest BCUT2D eigenvalue weighted by molar-refractivity contribution is 0.475. The molecule has 2 N–H and O–H groups in total. The zero-order valence-electron chi connectivity index (χ0n) is 11.3. The van der Waals surface area contributed by atoms with E-state index in [0.717, 1.165) is 24.5 Å². The Kier molecular flexibility index (Phi) is 4.34. The molecule has 0 aliphatic heterocycles. The standard InChI is InChI=1S/C15H19N3O/c1-11(2)14-9-15(18-10-17-14)16-8-7-12-3-5-13(19)6-4-12/h3-6,9-11,19H,7-8H2,1-2H3,(H,16,17,18). The van der Waals surface area contributed by atoms with Crippen molar-refractivity contribution in [1.29, 1.82) is 0 Å². The zero-order chi connectivity index (χ0) is 13.7. The van der Waals surface area contributed by atoms with Crippen molar-refractivity contribution >= 4 is 5.82 Å². The Morgan fingerprint density at radius 1 is 1.16 bits per heavy atom. The van der Waals surface area contributed by atoms with Gasteiger partial charge in [-0.1, -0.05) is 26.0 Å². The van der Waals surface area contributed by atoms with Gasteiger partial charge in [0.1, 0.15) is 17.9 Å². The van der Waals surface area contributed by atoms with Crippen LogP contribution in [0.4, 0.5) is 5.82 Å². The molecule has 0 atom stereocenters. The van der Waals surface area contributed by atoms with E-state index in [1.807, 2.05) is 18.2 Å². The highest BCUT2D eigenvalue weighted by molar-refractivity contribution is 5.36. The molecule has 0 saturated carbocycles. The molecule has 0 amide bonds. The fraction of sp³-hybridized carbons (Fsp3) is 0.333. The monoisotopic (exact) mass is 257 g/mol. The first-order valence-electron chi connectivity index (χ1n) is 6.49. The van der Waals surface area contributed by atoms with Crippen LogP contribution in [0.1, 0.15) is 31.0 Å². The number of phenols is 1. The highest BCUT2D eigenvalue weighted by Crippen LogP contribution is 2.14. The zero-order valence-corrected chi connectivity index (χ0v) is 11.3. The van der Waals surface area contributed by atoms with E-state index in [0.29, 0.717) is 11.7 Å². The van der Waals surface area contributed by atoms with Crippen LogP contribution in [0.25, 0.3) is 0 Å². The summed E-state index contributed by atoms with van der Waals surface area (Å²) >= 11 is 0. The summed E-state index contributed by atoms with van der Waals surface area (Å²) in [7, 11) is 0. The summed E-state index contributed by atoms with van der Waals surface area (Å²) in [6.45, 7) is 5.03. The molecule has 1 heterocycles. The molecule has 0 aliphatic rings. The minimum atomic E-state index is 0.300. The molecule has 0 spiro atoms. The first-order chi connectivity index (χ1) is 9.15. The van der Waals surface area contributed by atoms with E-state index in [1.54, 1.807) is 18.5 Å². The van der Waals surface area contributed by atoms with E-state index in [-0.39, 0.29) is 0 Å². The van der Waals surface area contributed by atoms with Crippen molar-refractivity contribution < 1.29 is 5.11 Å². The Labute approximate surface area is 113 Å².